The van der Waals surface area contributed by atoms with Crippen LogP contribution in [0.5, 0.6) is 0 Å². The summed E-state index contributed by atoms with van der Waals surface area (Å²) >= 11 is 0. The second-order valence-electron chi connectivity index (χ2n) is 7.82. The Kier molecular flexibility index (Phi) is 3.15. The Morgan fingerprint density at radius 2 is 1.77 bits per heavy atom. The van der Waals surface area contributed by atoms with Gasteiger partial charge in [0.05, 0.1) is 11.3 Å². The Bertz CT molecular complexity index is 574. The van der Waals surface area contributed by atoms with E-state index in [0.29, 0.717) is 29.5 Å². The number of aryl methyl sites for hydroxylation is 2. The summed E-state index contributed by atoms with van der Waals surface area (Å²) in [6.07, 6.45) is 2.66. The summed E-state index contributed by atoms with van der Waals surface area (Å²) in [6, 6.07) is 0. The van der Waals surface area contributed by atoms with Crippen molar-refractivity contribution >= 4 is 0 Å². The van der Waals surface area contributed by atoms with Crippen molar-refractivity contribution in [3.8, 4) is 0 Å². The Hall–Kier alpha value is -1.00. The summed E-state index contributed by atoms with van der Waals surface area (Å²) in [5.74, 6) is 1.12. The third-order valence-corrected chi connectivity index (χ3v) is 6.50. The number of hydrogen-bond donors (Lipinski definition) is 1. The number of aromatic nitrogens is 1. The van der Waals surface area contributed by atoms with Gasteiger partial charge in [0, 0.05) is 43.6 Å². The van der Waals surface area contributed by atoms with Crippen molar-refractivity contribution in [2.24, 2.45) is 17.8 Å². The summed E-state index contributed by atoms with van der Waals surface area (Å²) < 4.78 is 14.6. The molecule has 4 bridgehead atoms. The average molecular weight is 304 g/mol. The largest absolute Gasteiger partial charge is 0.389 e. The Morgan fingerprint density at radius 3 is 2.36 bits per heavy atom. The van der Waals surface area contributed by atoms with Crippen LogP contribution >= 0.6 is 0 Å². The maximum absolute atomic E-state index is 14.6. The second-order valence-corrected chi connectivity index (χ2v) is 7.82. The molecular weight excluding hydrogens is 279 g/mol. The molecule has 4 heteroatoms. The van der Waals surface area contributed by atoms with Crippen LogP contribution in [-0.4, -0.2) is 40.2 Å². The van der Waals surface area contributed by atoms with Crippen molar-refractivity contribution < 1.29 is 9.50 Å². The Morgan fingerprint density at radius 1 is 1.14 bits per heavy atom. The molecule has 0 aromatic carbocycles. The molecule has 0 spiro atoms. The van der Waals surface area contributed by atoms with Crippen molar-refractivity contribution in [3.05, 3.63) is 28.3 Å². The summed E-state index contributed by atoms with van der Waals surface area (Å²) in [5, 5.41) is 11.5. The fourth-order valence-corrected chi connectivity index (χ4v) is 5.24. The number of nitrogens with zero attached hydrogens (tertiary/aromatic N) is 2. The number of pyridine rings is 1. The molecule has 22 heavy (non-hydrogen) atoms. The highest BCUT2D eigenvalue weighted by atomic mass is 19.1. The van der Waals surface area contributed by atoms with Gasteiger partial charge in [0.15, 0.2) is 0 Å². The van der Waals surface area contributed by atoms with Crippen LogP contribution in [0.1, 0.15) is 35.4 Å². The fraction of sp³-hybridized carbons (Fsp3) is 0.722. The first-order valence-corrected chi connectivity index (χ1v) is 8.45. The second kappa shape index (κ2) is 4.75. The minimum absolute atomic E-state index is 0.217. The van der Waals surface area contributed by atoms with E-state index in [1.54, 1.807) is 6.92 Å². The van der Waals surface area contributed by atoms with Crippen molar-refractivity contribution in [2.45, 2.75) is 45.6 Å². The SMILES string of the molecule is Cc1nc(C)c(F)c(CC2(O)C3CC4CC2CN(C4)C3)c1C. The van der Waals surface area contributed by atoms with E-state index in [-0.39, 0.29) is 5.82 Å². The first kappa shape index (κ1) is 14.6. The molecule has 2 atom stereocenters. The molecule has 4 aliphatic rings. The highest BCUT2D eigenvalue weighted by Crippen LogP contribution is 2.51. The topological polar surface area (TPSA) is 36.4 Å². The lowest BCUT2D eigenvalue weighted by atomic mass is 9.57. The lowest BCUT2D eigenvalue weighted by molar-refractivity contribution is -0.182. The fourth-order valence-electron chi connectivity index (χ4n) is 5.24. The van der Waals surface area contributed by atoms with Gasteiger partial charge < -0.3 is 10.0 Å². The van der Waals surface area contributed by atoms with Gasteiger partial charge in [0.1, 0.15) is 5.82 Å². The third-order valence-electron chi connectivity index (χ3n) is 6.50. The molecule has 0 radical (unpaired) electrons. The molecule has 120 valence electrons. The molecule has 1 aromatic rings. The molecule has 3 nitrogen and oxygen atoms in total. The zero-order chi connectivity index (χ0) is 15.6. The lowest BCUT2D eigenvalue weighted by Gasteiger charge is -2.60. The number of halogens is 1. The van der Waals surface area contributed by atoms with E-state index in [0.717, 1.165) is 43.1 Å². The molecule has 4 heterocycles. The molecule has 4 fully saturated rings. The van der Waals surface area contributed by atoms with Crippen LogP contribution in [-0.2, 0) is 6.42 Å². The minimum atomic E-state index is -0.737. The molecule has 1 N–H and O–H groups in total. The number of hydrogen-bond acceptors (Lipinski definition) is 3. The third kappa shape index (κ3) is 1.96. The molecular formula is C18H25FN2O. The maximum Gasteiger partial charge on any atom is 0.147 e. The zero-order valence-electron chi connectivity index (χ0n) is 13.7. The first-order chi connectivity index (χ1) is 10.4. The number of rotatable bonds is 2. The van der Waals surface area contributed by atoms with Gasteiger partial charge in [0.25, 0.3) is 0 Å². The first-order valence-electron chi connectivity index (χ1n) is 8.45. The number of aliphatic hydroxyl groups is 1. The molecule has 3 saturated heterocycles. The van der Waals surface area contributed by atoms with Crippen LogP contribution in [0.15, 0.2) is 0 Å². The molecule has 3 aliphatic heterocycles. The lowest BCUT2D eigenvalue weighted by Crippen LogP contribution is -2.67. The van der Waals surface area contributed by atoms with E-state index in [1.807, 2.05) is 13.8 Å². The molecule has 1 saturated carbocycles. The van der Waals surface area contributed by atoms with Crippen LogP contribution in [0.25, 0.3) is 0 Å². The molecule has 1 aliphatic carbocycles. The highest BCUT2D eigenvalue weighted by Gasteiger charge is 2.56. The van der Waals surface area contributed by atoms with Gasteiger partial charge in [-0.15, -0.1) is 0 Å². The highest BCUT2D eigenvalue weighted by molar-refractivity contribution is 5.34. The molecule has 5 rings (SSSR count). The molecule has 0 amide bonds. The van der Waals surface area contributed by atoms with Crippen molar-refractivity contribution in [2.75, 3.05) is 19.6 Å². The minimum Gasteiger partial charge on any atom is -0.389 e. The summed E-state index contributed by atoms with van der Waals surface area (Å²) in [4.78, 5) is 6.77. The van der Waals surface area contributed by atoms with Crippen LogP contribution in [0, 0.1) is 44.3 Å². The normalized spacial score (nSPS) is 39.5. The van der Waals surface area contributed by atoms with Gasteiger partial charge in [-0.1, -0.05) is 0 Å². The van der Waals surface area contributed by atoms with Gasteiger partial charge in [0.2, 0.25) is 0 Å². The van der Waals surface area contributed by atoms with Crippen molar-refractivity contribution in [1.29, 1.82) is 0 Å². The quantitative estimate of drug-likeness (QED) is 0.911. The van der Waals surface area contributed by atoms with Gasteiger partial charge >= 0.3 is 0 Å². The predicted molar refractivity (Wildman–Crippen MR) is 83.2 cm³/mol. The van der Waals surface area contributed by atoms with Crippen LogP contribution < -0.4 is 0 Å². The van der Waals surface area contributed by atoms with Crippen LogP contribution in [0.2, 0.25) is 0 Å². The predicted octanol–water partition coefficient (Wildman–Crippen LogP) is 2.39. The van der Waals surface area contributed by atoms with E-state index < -0.39 is 5.60 Å². The molecule has 2 unspecified atom stereocenters. The van der Waals surface area contributed by atoms with Gasteiger partial charge in [-0.3, -0.25) is 4.98 Å². The van der Waals surface area contributed by atoms with Gasteiger partial charge in [-0.05, 0) is 50.7 Å². The van der Waals surface area contributed by atoms with Crippen molar-refractivity contribution in [3.63, 3.8) is 0 Å². The maximum atomic E-state index is 14.6. The summed E-state index contributed by atoms with van der Waals surface area (Å²) in [7, 11) is 0. The van der Waals surface area contributed by atoms with E-state index in [1.165, 1.54) is 6.54 Å². The van der Waals surface area contributed by atoms with Crippen molar-refractivity contribution in [1.82, 2.24) is 9.88 Å². The zero-order valence-corrected chi connectivity index (χ0v) is 13.7. The summed E-state index contributed by atoms with van der Waals surface area (Å²) in [5.41, 5.74) is 2.19. The van der Waals surface area contributed by atoms with Crippen LogP contribution in [0.4, 0.5) is 4.39 Å². The van der Waals surface area contributed by atoms with Crippen LogP contribution in [0.3, 0.4) is 0 Å². The monoisotopic (exact) mass is 304 g/mol. The van der Waals surface area contributed by atoms with Gasteiger partial charge in [-0.2, -0.15) is 0 Å². The van der Waals surface area contributed by atoms with E-state index in [9.17, 15) is 9.50 Å². The Balaban J connectivity index is 1.72. The van der Waals surface area contributed by atoms with Gasteiger partial charge in [-0.25, -0.2) is 4.39 Å². The van der Waals surface area contributed by atoms with E-state index >= 15 is 0 Å². The average Bonchev–Trinajstić information content (AvgIpc) is 2.47. The molecule has 1 aromatic heterocycles. The Labute approximate surface area is 131 Å². The van der Waals surface area contributed by atoms with E-state index in [4.69, 9.17) is 0 Å². The standard InChI is InChI=1S/C18H25FN2O/c1-10-11(2)20-12(3)17(19)16(10)6-18(22)14-4-13-5-15(18)9-21(7-13)8-14/h13-15,22H,4-9H2,1-3H3. The summed E-state index contributed by atoms with van der Waals surface area (Å²) in [6.45, 7) is 8.74. The number of piperidine rings is 3. The smallest absolute Gasteiger partial charge is 0.147 e. The van der Waals surface area contributed by atoms with E-state index in [2.05, 4.69) is 9.88 Å².